The molecule has 5 heteroatoms. The molecule has 0 aromatic rings. The van der Waals surface area contributed by atoms with Gasteiger partial charge in [0, 0.05) is 13.2 Å². The maximum Gasteiger partial charge on any atom is 0.407 e. The van der Waals surface area contributed by atoms with Crippen molar-refractivity contribution in [2.75, 3.05) is 26.3 Å². The molecule has 0 aliphatic carbocycles. The quantitative estimate of drug-likeness (QED) is 0.651. The van der Waals surface area contributed by atoms with E-state index >= 15 is 0 Å². The largest absolute Gasteiger partial charge is 0.445 e. The van der Waals surface area contributed by atoms with E-state index in [1.165, 1.54) is 0 Å². The van der Waals surface area contributed by atoms with Gasteiger partial charge in [0.2, 0.25) is 0 Å². The molecule has 0 aromatic heterocycles. The maximum atomic E-state index is 11.3. The molecule has 0 spiro atoms. The van der Waals surface area contributed by atoms with Crippen LogP contribution in [-0.2, 0) is 9.47 Å². The Morgan fingerprint density at radius 1 is 1.50 bits per heavy atom. The molecule has 2 unspecified atom stereocenters. The third kappa shape index (κ3) is 2.59. The molecule has 2 N–H and O–H groups in total. The molecule has 2 fully saturated rings. The highest BCUT2D eigenvalue weighted by atomic mass is 16.6. The van der Waals surface area contributed by atoms with Crippen molar-refractivity contribution in [3.8, 4) is 0 Å². The Hall–Kier alpha value is -0.810. The molecule has 80 valence electrons. The molecule has 1 amide bonds. The molecular weight excluding hydrogens is 184 g/mol. The smallest absolute Gasteiger partial charge is 0.407 e. The molecule has 0 radical (unpaired) electrons. The number of hydrogen-bond donors (Lipinski definition) is 2. The Balaban J connectivity index is 1.66. The van der Waals surface area contributed by atoms with Gasteiger partial charge in [0.05, 0.1) is 12.6 Å². The van der Waals surface area contributed by atoms with E-state index in [-0.39, 0.29) is 18.2 Å². The van der Waals surface area contributed by atoms with Gasteiger partial charge in [-0.15, -0.1) is 0 Å². The van der Waals surface area contributed by atoms with Crippen LogP contribution in [0.2, 0.25) is 0 Å². The molecule has 2 saturated heterocycles. The second-order valence-corrected chi connectivity index (χ2v) is 3.72. The topological polar surface area (TPSA) is 59.6 Å². The number of carbonyl (C=O) groups is 1. The predicted molar refractivity (Wildman–Crippen MR) is 50.1 cm³/mol. The second-order valence-electron chi connectivity index (χ2n) is 3.72. The van der Waals surface area contributed by atoms with Crippen molar-refractivity contribution < 1.29 is 14.3 Å². The van der Waals surface area contributed by atoms with E-state index in [2.05, 4.69) is 10.6 Å². The minimum atomic E-state index is -0.311. The van der Waals surface area contributed by atoms with E-state index in [1.807, 2.05) is 0 Å². The summed E-state index contributed by atoms with van der Waals surface area (Å²) in [5.41, 5.74) is 0. The lowest BCUT2D eigenvalue weighted by Gasteiger charge is -2.14. The Morgan fingerprint density at radius 2 is 2.43 bits per heavy atom. The number of carbonyl (C=O) groups excluding carboxylic acids is 1. The Bertz CT molecular complexity index is 178. The SMILES string of the molecule is O=C(NC1CCOC1)OC1CCNC1. The molecule has 2 atom stereocenters. The summed E-state index contributed by atoms with van der Waals surface area (Å²) < 4.78 is 10.4. The maximum absolute atomic E-state index is 11.3. The van der Waals surface area contributed by atoms with Gasteiger partial charge >= 0.3 is 6.09 Å². The van der Waals surface area contributed by atoms with Gasteiger partial charge < -0.3 is 20.1 Å². The van der Waals surface area contributed by atoms with Crippen molar-refractivity contribution >= 4 is 6.09 Å². The summed E-state index contributed by atoms with van der Waals surface area (Å²) in [6.45, 7) is 3.05. The van der Waals surface area contributed by atoms with Gasteiger partial charge in [0.15, 0.2) is 0 Å². The van der Waals surface area contributed by atoms with Crippen molar-refractivity contribution in [3.05, 3.63) is 0 Å². The van der Waals surface area contributed by atoms with Crippen molar-refractivity contribution in [3.63, 3.8) is 0 Å². The van der Waals surface area contributed by atoms with Crippen LogP contribution in [0.5, 0.6) is 0 Å². The Morgan fingerprint density at radius 3 is 3.07 bits per heavy atom. The summed E-state index contributed by atoms with van der Waals surface area (Å²) in [5.74, 6) is 0. The molecule has 5 nitrogen and oxygen atoms in total. The van der Waals surface area contributed by atoms with E-state index in [0.717, 1.165) is 32.5 Å². The Kier molecular flexibility index (Phi) is 3.21. The summed E-state index contributed by atoms with van der Waals surface area (Å²) in [6.07, 6.45) is 1.53. The standard InChI is InChI=1S/C9H16N2O3/c12-9(11-7-2-4-13-6-7)14-8-1-3-10-5-8/h7-8,10H,1-6H2,(H,11,12). The average Bonchev–Trinajstić information content (AvgIpc) is 2.76. The first kappa shape index (κ1) is 9.73. The van der Waals surface area contributed by atoms with Gasteiger partial charge in [-0.2, -0.15) is 0 Å². The molecule has 2 aliphatic heterocycles. The van der Waals surface area contributed by atoms with Gasteiger partial charge in [0.1, 0.15) is 6.10 Å². The number of ether oxygens (including phenoxy) is 2. The highest BCUT2D eigenvalue weighted by Crippen LogP contribution is 2.06. The Labute approximate surface area is 83.1 Å². The van der Waals surface area contributed by atoms with Crippen LogP contribution in [-0.4, -0.2) is 44.5 Å². The van der Waals surface area contributed by atoms with Gasteiger partial charge in [0.25, 0.3) is 0 Å². The fraction of sp³-hybridized carbons (Fsp3) is 0.889. The predicted octanol–water partition coefficient (Wildman–Crippen LogP) is -0.137. The normalized spacial score (nSPS) is 31.7. The summed E-state index contributed by atoms with van der Waals surface area (Å²) >= 11 is 0. The number of rotatable bonds is 2. The lowest BCUT2D eigenvalue weighted by molar-refractivity contribution is 0.102. The first-order chi connectivity index (χ1) is 6.84. The minimum Gasteiger partial charge on any atom is -0.445 e. The molecular formula is C9H16N2O3. The van der Waals surface area contributed by atoms with E-state index in [4.69, 9.17) is 9.47 Å². The van der Waals surface area contributed by atoms with E-state index < -0.39 is 0 Å². The van der Waals surface area contributed by atoms with Crippen molar-refractivity contribution in [2.24, 2.45) is 0 Å². The van der Waals surface area contributed by atoms with Crippen LogP contribution in [0.25, 0.3) is 0 Å². The molecule has 0 aromatic carbocycles. The third-order valence-corrected chi connectivity index (χ3v) is 2.54. The molecule has 2 aliphatic rings. The number of amides is 1. The van der Waals surface area contributed by atoms with Crippen LogP contribution in [0.15, 0.2) is 0 Å². The fourth-order valence-electron chi connectivity index (χ4n) is 1.73. The van der Waals surface area contributed by atoms with Crippen LogP contribution < -0.4 is 10.6 Å². The first-order valence-electron chi connectivity index (χ1n) is 5.10. The van der Waals surface area contributed by atoms with Crippen LogP contribution in [0.4, 0.5) is 4.79 Å². The zero-order valence-corrected chi connectivity index (χ0v) is 8.12. The van der Waals surface area contributed by atoms with Gasteiger partial charge in [-0.1, -0.05) is 0 Å². The molecule has 0 bridgehead atoms. The number of alkyl carbamates (subject to hydrolysis) is 1. The van der Waals surface area contributed by atoms with Crippen LogP contribution in [0, 0.1) is 0 Å². The lowest BCUT2D eigenvalue weighted by atomic mass is 10.3. The van der Waals surface area contributed by atoms with E-state index in [9.17, 15) is 4.79 Å². The van der Waals surface area contributed by atoms with Gasteiger partial charge in [-0.05, 0) is 19.4 Å². The zero-order valence-electron chi connectivity index (χ0n) is 8.12. The average molecular weight is 200 g/mol. The third-order valence-electron chi connectivity index (χ3n) is 2.54. The lowest BCUT2D eigenvalue weighted by Crippen LogP contribution is -2.37. The van der Waals surface area contributed by atoms with E-state index in [0.29, 0.717) is 6.61 Å². The molecule has 14 heavy (non-hydrogen) atoms. The summed E-state index contributed by atoms with van der Waals surface area (Å²) in [7, 11) is 0. The summed E-state index contributed by atoms with van der Waals surface area (Å²) in [5, 5.41) is 5.93. The van der Waals surface area contributed by atoms with Crippen LogP contribution in [0.3, 0.4) is 0 Å². The minimum absolute atomic E-state index is 0.0392. The highest BCUT2D eigenvalue weighted by Gasteiger charge is 2.22. The summed E-state index contributed by atoms with van der Waals surface area (Å²) in [4.78, 5) is 11.3. The highest BCUT2D eigenvalue weighted by molar-refractivity contribution is 5.67. The molecule has 2 heterocycles. The summed E-state index contributed by atoms with van der Waals surface area (Å²) in [6, 6.07) is 0.136. The van der Waals surface area contributed by atoms with Crippen molar-refractivity contribution in [1.82, 2.24) is 10.6 Å². The zero-order chi connectivity index (χ0) is 9.80. The second kappa shape index (κ2) is 4.61. The van der Waals surface area contributed by atoms with Gasteiger partial charge in [-0.25, -0.2) is 4.79 Å². The fourth-order valence-corrected chi connectivity index (χ4v) is 1.73. The van der Waals surface area contributed by atoms with Crippen LogP contribution in [0.1, 0.15) is 12.8 Å². The van der Waals surface area contributed by atoms with E-state index in [1.54, 1.807) is 0 Å². The van der Waals surface area contributed by atoms with Crippen LogP contribution >= 0.6 is 0 Å². The molecule has 0 saturated carbocycles. The van der Waals surface area contributed by atoms with Crippen molar-refractivity contribution in [1.29, 1.82) is 0 Å². The van der Waals surface area contributed by atoms with Crippen molar-refractivity contribution in [2.45, 2.75) is 25.0 Å². The molecule has 2 rings (SSSR count). The number of nitrogens with one attached hydrogen (secondary N) is 2. The first-order valence-corrected chi connectivity index (χ1v) is 5.10. The number of hydrogen-bond acceptors (Lipinski definition) is 4. The van der Waals surface area contributed by atoms with Gasteiger partial charge in [-0.3, -0.25) is 0 Å². The monoisotopic (exact) mass is 200 g/mol.